The lowest BCUT2D eigenvalue weighted by Crippen LogP contribution is -2.28. The molecular formula is C20H20FN5OS. The first-order valence-corrected chi connectivity index (χ1v) is 9.62. The number of carbonyl (C=O) groups is 1. The van der Waals surface area contributed by atoms with Gasteiger partial charge >= 0.3 is 0 Å². The van der Waals surface area contributed by atoms with Crippen LogP contribution in [0.25, 0.3) is 11.4 Å². The molecule has 0 aliphatic carbocycles. The standard InChI is InChI=1S/C20H20FN5OS/c1-3-11-26-19(16-7-9-22-10-8-16)23-24-20(26)28-14-18(27)25(2)13-15-5-4-6-17(21)12-15/h3-10,12H,1,11,13-14H2,2H3. The minimum absolute atomic E-state index is 0.0760. The average Bonchev–Trinajstić information content (AvgIpc) is 3.09. The summed E-state index contributed by atoms with van der Waals surface area (Å²) in [6.45, 7) is 4.66. The van der Waals surface area contributed by atoms with Gasteiger partial charge in [-0.2, -0.15) is 0 Å². The van der Waals surface area contributed by atoms with Crippen LogP contribution in [0.3, 0.4) is 0 Å². The van der Waals surface area contributed by atoms with Gasteiger partial charge in [-0.05, 0) is 29.8 Å². The lowest BCUT2D eigenvalue weighted by molar-refractivity contribution is -0.127. The smallest absolute Gasteiger partial charge is 0.233 e. The molecule has 0 aliphatic heterocycles. The Balaban J connectivity index is 1.67. The fourth-order valence-corrected chi connectivity index (χ4v) is 3.53. The number of hydrogen-bond donors (Lipinski definition) is 0. The molecule has 0 N–H and O–H groups in total. The molecule has 0 bridgehead atoms. The van der Waals surface area contributed by atoms with E-state index < -0.39 is 0 Å². The number of halogens is 1. The van der Waals surface area contributed by atoms with E-state index in [2.05, 4.69) is 21.8 Å². The summed E-state index contributed by atoms with van der Waals surface area (Å²) in [7, 11) is 1.70. The SMILES string of the molecule is C=CCn1c(SCC(=O)N(C)Cc2cccc(F)c2)nnc1-c1ccncc1. The maximum atomic E-state index is 13.3. The van der Waals surface area contributed by atoms with Crippen molar-refractivity contribution in [2.75, 3.05) is 12.8 Å². The van der Waals surface area contributed by atoms with Gasteiger partial charge in [0, 0.05) is 38.1 Å². The Morgan fingerprint density at radius 1 is 1.29 bits per heavy atom. The van der Waals surface area contributed by atoms with Crippen molar-refractivity contribution in [3.8, 4) is 11.4 Å². The summed E-state index contributed by atoms with van der Waals surface area (Å²) >= 11 is 1.31. The Bertz CT molecular complexity index is 960. The minimum atomic E-state index is -0.311. The molecule has 8 heteroatoms. The fraction of sp³-hybridized carbons (Fsp3) is 0.200. The number of allylic oxidation sites excluding steroid dienone is 1. The van der Waals surface area contributed by atoms with Crippen LogP contribution in [0.2, 0.25) is 0 Å². The molecule has 0 spiro atoms. The minimum Gasteiger partial charge on any atom is -0.341 e. The van der Waals surface area contributed by atoms with E-state index in [1.807, 2.05) is 16.7 Å². The molecule has 1 aromatic carbocycles. The largest absolute Gasteiger partial charge is 0.341 e. The van der Waals surface area contributed by atoms with Crippen molar-refractivity contribution in [3.63, 3.8) is 0 Å². The summed E-state index contributed by atoms with van der Waals surface area (Å²) < 4.78 is 15.2. The van der Waals surface area contributed by atoms with Crippen LogP contribution in [0.4, 0.5) is 4.39 Å². The number of aromatic nitrogens is 4. The van der Waals surface area contributed by atoms with Gasteiger partial charge in [0.2, 0.25) is 5.91 Å². The van der Waals surface area contributed by atoms with Crippen LogP contribution in [-0.2, 0) is 17.9 Å². The van der Waals surface area contributed by atoms with Crippen molar-refractivity contribution in [3.05, 3.63) is 72.8 Å². The van der Waals surface area contributed by atoms with E-state index in [4.69, 9.17) is 0 Å². The number of amides is 1. The molecular weight excluding hydrogens is 377 g/mol. The number of hydrogen-bond acceptors (Lipinski definition) is 5. The third-order valence-corrected chi connectivity index (χ3v) is 4.98. The van der Waals surface area contributed by atoms with Crippen LogP contribution in [0.15, 0.2) is 66.6 Å². The van der Waals surface area contributed by atoms with Gasteiger partial charge in [-0.15, -0.1) is 16.8 Å². The van der Waals surface area contributed by atoms with E-state index in [0.29, 0.717) is 24.1 Å². The number of thioether (sulfide) groups is 1. The molecule has 0 fully saturated rings. The van der Waals surface area contributed by atoms with Crippen molar-refractivity contribution >= 4 is 17.7 Å². The van der Waals surface area contributed by atoms with Gasteiger partial charge in [-0.25, -0.2) is 4.39 Å². The fourth-order valence-electron chi connectivity index (χ4n) is 2.64. The monoisotopic (exact) mass is 397 g/mol. The first-order chi connectivity index (χ1) is 13.6. The first kappa shape index (κ1) is 19.8. The Labute approximate surface area is 167 Å². The highest BCUT2D eigenvalue weighted by Gasteiger charge is 2.16. The predicted molar refractivity (Wildman–Crippen MR) is 107 cm³/mol. The quantitative estimate of drug-likeness (QED) is 0.431. The third kappa shape index (κ3) is 4.83. The molecule has 28 heavy (non-hydrogen) atoms. The van der Waals surface area contributed by atoms with Crippen LogP contribution in [-0.4, -0.2) is 43.4 Å². The summed E-state index contributed by atoms with van der Waals surface area (Å²) in [6.07, 6.45) is 5.15. The molecule has 0 saturated carbocycles. The summed E-state index contributed by atoms with van der Waals surface area (Å²) in [6, 6.07) is 9.95. The molecule has 0 saturated heterocycles. The maximum absolute atomic E-state index is 13.3. The third-order valence-electron chi connectivity index (χ3n) is 4.03. The van der Waals surface area contributed by atoms with Crippen LogP contribution in [0.5, 0.6) is 0 Å². The second-order valence-electron chi connectivity index (χ2n) is 6.11. The highest BCUT2D eigenvalue weighted by atomic mass is 32.2. The van der Waals surface area contributed by atoms with Gasteiger partial charge in [0.1, 0.15) is 5.82 Å². The molecule has 1 amide bonds. The Morgan fingerprint density at radius 3 is 2.79 bits per heavy atom. The Morgan fingerprint density at radius 2 is 2.07 bits per heavy atom. The molecule has 3 rings (SSSR count). The zero-order valence-corrected chi connectivity index (χ0v) is 16.3. The molecule has 0 unspecified atom stereocenters. The summed E-state index contributed by atoms with van der Waals surface area (Å²) in [5.41, 5.74) is 1.64. The highest BCUT2D eigenvalue weighted by Crippen LogP contribution is 2.24. The number of nitrogens with zero attached hydrogens (tertiary/aromatic N) is 5. The van der Waals surface area contributed by atoms with Crippen LogP contribution in [0, 0.1) is 5.82 Å². The Kier molecular flexibility index (Phi) is 6.54. The van der Waals surface area contributed by atoms with Gasteiger partial charge in [-0.1, -0.05) is 30.0 Å². The molecule has 0 aliphatic rings. The van der Waals surface area contributed by atoms with Crippen molar-refractivity contribution in [1.29, 1.82) is 0 Å². The second-order valence-corrected chi connectivity index (χ2v) is 7.05. The van der Waals surface area contributed by atoms with Gasteiger partial charge in [0.15, 0.2) is 11.0 Å². The van der Waals surface area contributed by atoms with Crippen LogP contribution < -0.4 is 0 Å². The van der Waals surface area contributed by atoms with E-state index in [1.165, 1.54) is 23.9 Å². The zero-order chi connectivity index (χ0) is 19.9. The maximum Gasteiger partial charge on any atom is 0.233 e. The molecule has 0 atom stereocenters. The van der Waals surface area contributed by atoms with Crippen LogP contribution in [0.1, 0.15) is 5.56 Å². The topological polar surface area (TPSA) is 63.9 Å². The van der Waals surface area contributed by atoms with E-state index in [9.17, 15) is 9.18 Å². The lowest BCUT2D eigenvalue weighted by Gasteiger charge is -2.17. The number of pyridine rings is 1. The molecule has 3 aromatic rings. The highest BCUT2D eigenvalue weighted by molar-refractivity contribution is 7.99. The predicted octanol–water partition coefficient (Wildman–Crippen LogP) is 3.42. The van der Waals surface area contributed by atoms with E-state index in [-0.39, 0.29) is 17.5 Å². The average molecular weight is 397 g/mol. The van der Waals surface area contributed by atoms with Crippen molar-refractivity contribution in [2.24, 2.45) is 0 Å². The van der Waals surface area contributed by atoms with E-state index in [0.717, 1.165) is 11.1 Å². The van der Waals surface area contributed by atoms with Gasteiger partial charge in [-0.3, -0.25) is 14.3 Å². The molecule has 6 nitrogen and oxygen atoms in total. The van der Waals surface area contributed by atoms with E-state index in [1.54, 1.807) is 42.6 Å². The van der Waals surface area contributed by atoms with Gasteiger partial charge in [0.05, 0.1) is 5.75 Å². The van der Waals surface area contributed by atoms with Crippen molar-refractivity contribution in [1.82, 2.24) is 24.6 Å². The van der Waals surface area contributed by atoms with Gasteiger partial charge in [0.25, 0.3) is 0 Å². The molecule has 0 radical (unpaired) electrons. The van der Waals surface area contributed by atoms with Gasteiger partial charge < -0.3 is 4.90 Å². The molecule has 2 heterocycles. The van der Waals surface area contributed by atoms with E-state index >= 15 is 0 Å². The zero-order valence-electron chi connectivity index (χ0n) is 15.5. The lowest BCUT2D eigenvalue weighted by atomic mass is 10.2. The Hall–Kier alpha value is -3.00. The molecule has 2 aromatic heterocycles. The molecule has 144 valence electrons. The summed E-state index contributed by atoms with van der Waals surface area (Å²) in [5, 5.41) is 9.12. The summed E-state index contributed by atoms with van der Waals surface area (Å²) in [4.78, 5) is 18.1. The van der Waals surface area contributed by atoms with Crippen molar-refractivity contribution in [2.45, 2.75) is 18.2 Å². The van der Waals surface area contributed by atoms with Crippen molar-refractivity contribution < 1.29 is 9.18 Å². The number of carbonyl (C=O) groups excluding carboxylic acids is 1. The first-order valence-electron chi connectivity index (χ1n) is 8.64. The van der Waals surface area contributed by atoms with Crippen LogP contribution >= 0.6 is 11.8 Å². The number of benzene rings is 1. The number of rotatable bonds is 8. The summed E-state index contributed by atoms with van der Waals surface area (Å²) in [5.74, 6) is 0.518. The normalized spacial score (nSPS) is 10.6. The second kappa shape index (κ2) is 9.27.